The van der Waals surface area contributed by atoms with Crippen LogP contribution in [-0.4, -0.2) is 44.7 Å². The summed E-state index contributed by atoms with van der Waals surface area (Å²) in [7, 11) is 5.77. The molecule has 0 amide bonds. The summed E-state index contributed by atoms with van der Waals surface area (Å²) < 4.78 is 5.42. The van der Waals surface area contributed by atoms with Crippen molar-refractivity contribution in [3.05, 3.63) is 40.7 Å². The molecule has 1 unspecified atom stereocenters. The van der Waals surface area contributed by atoms with Crippen LogP contribution in [0.1, 0.15) is 42.4 Å². The Morgan fingerprint density at radius 1 is 1.21 bits per heavy atom. The monoisotopic (exact) mass is 399 g/mol. The van der Waals surface area contributed by atoms with Crippen LogP contribution in [-0.2, 0) is 6.54 Å². The van der Waals surface area contributed by atoms with Gasteiger partial charge in [-0.1, -0.05) is 6.07 Å². The maximum atomic E-state index is 6.64. The first kappa shape index (κ1) is 21.7. The predicted octanol–water partition coefficient (Wildman–Crippen LogP) is 2.90. The number of benzene rings is 1. The Morgan fingerprint density at radius 3 is 2.59 bits per heavy atom. The highest BCUT2D eigenvalue weighted by Crippen LogP contribution is 2.35. The average Bonchev–Trinajstić information content (AvgIpc) is 2.70. The summed E-state index contributed by atoms with van der Waals surface area (Å²) in [6.07, 6.45) is 8.41. The molecule has 1 aromatic rings. The van der Waals surface area contributed by atoms with Gasteiger partial charge in [-0.3, -0.25) is 10.7 Å². The molecular formula is C23H37N5O. The number of methoxy groups -OCH3 is 1. The van der Waals surface area contributed by atoms with Crippen molar-refractivity contribution < 1.29 is 4.74 Å². The van der Waals surface area contributed by atoms with Crippen LogP contribution in [0.5, 0.6) is 5.75 Å². The van der Waals surface area contributed by atoms with E-state index in [9.17, 15) is 0 Å². The number of nitrogens with zero attached hydrogens (tertiary/aromatic N) is 2. The molecule has 1 aliphatic carbocycles. The Labute approximate surface area is 175 Å². The second-order valence-electron chi connectivity index (χ2n) is 8.77. The fraction of sp³-hybridized carbons (Fsp3) is 0.609. The number of aliphatic imine (C=N–C) groups is 1. The average molecular weight is 400 g/mol. The van der Waals surface area contributed by atoms with Crippen LogP contribution in [0.4, 0.5) is 0 Å². The minimum atomic E-state index is -0.676. The third-order valence-corrected chi connectivity index (χ3v) is 6.40. The minimum absolute atomic E-state index is 0.366. The first-order valence-electron chi connectivity index (χ1n) is 10.7. The number of hydrogen-bond acceptors (Lipinski definition) is 6. The Bertz CT molecular complexity index is 765. The van der Waals surface area contributed by atoms with E-state index in [2.05, 4.69) is 41.6 Å². The van der Waals surface area contributed by atoms with Gasteiger partial charge in [-0.15, -0.1) is 0 Å². The molecule has 4 N–H and O–H groups in total. The lowest BCUT2D eigenvalue weighted by Gasteiger charge is -2.42. The van der Waals surface area contributed by atoms with Crippen LogP contribution in [0.25, 0.3) is 0 Å². The number of allylic oxidation sites excluding steroid dienone is 1. The molecule has 6 heteroatoms. The van der Waals surface area contributed by atoms with E-state index in [1.807, 2.05) is 31.3 Å². The van der Waals surface area contributed by atoms with Gasteiger partial charge in [-0.2, -0.15) is 0 Å². The SMILES string of the molecule is COc1cc(C)c(CNCC2CCC(C3(N)N=CC=C(N(C)C)N3)CC2)cc1C. The van der Waals surface area contributed by atoms with Gasteiger partial charge in [0.15, 0.2) is 5.79 Å². The van der Waals surface area contributed by atoms with Crippen LogP contribution < -0.4 is 21.1 Å². The highest BCUT2D eigenvalue weighted by atomic mass is 16.5. The van der Waals surface area contributed by atoms with Gasteiger partial charge < -0.3 is 20.3 Å². The number of aryl methyl sites for hydroxylation is 2. The summed E-state index contributed by atoms with van der Waals surface area (Å²) in [5.41, 5.74) is 10.5. The molecule has 0 bridgehead atoms. The standard InChI is InChI=1S/C23H37N5O/c1-16-13-21(29-5)17(2)12-19(16)15-25-14-18-6-8-20(9-7-18)23(24)26-11-10-22(27-23)28(3)4/h10-13,18,20,25,27H,6-9,14-15,24H2,1-5H3. The predicted molar refractivity (Wildman–Crippen MR) is 120 cm³/mol. The van der Waals surface area contributed by atoms with E-state index in [1.165, 1.54) is 29.5 Å². The molecule has 1 atom stereocenters. The molecular weight excluding hydrogens is 362 g/mol. The summed E-state index contributed by atoms with van der Waals surface area (Å²) in [6.45, 7) is 6.21. The molecule has 1 heterocycles. The third kappa shape index (κ3) is 5.11. The molecule has 6 nitrogen and oxygen atoms in total. The molecule has 2 aliphatic rings. The van der Waals surface area contributed by atoms with E-state index in [0.717, 1.165) is 37.5 Å². The molecule has 29 heavy (non-hydrogen) atoms. The molecule has 0 aromatic heterocycles. The molecule has 0 saturated heterocycles. The van der Waals surface area contributed by atoms with Crippen LogP contribution in [0.2, 0.25) is 0 Å². The smallest absolute Gasteiger partial charge is 0.186 e. The lowest BCUT2D eigenvalue weighted by molar-refractivity contribution is 0.146. The van der Waals surface area contributed by atoms with E-state index in [4.69, 9.17) is 10.5 Å². The molecule has 0 radical (unpaired) electrons. The van der Waals surface area contributed by atoms with Crippen LogP contribution in [0.3, 0.4) is 0 Å². The summed E-state index contributed by atoms with van der Waals surface area (Å²) in [4.78, 5) is 6.64. The zero-order valence-corrected chi connectivity index (χ0v) is 18.6. The Morgan fingerprint density at radius 2 is 1.93 bits per heavy atom. The van der Waals surface area contributed by atoms with E-state index >= 15 is 0 Å². The van der Waals surface area contributed by atoms with Gasteiger partial charge >= 0.3 is 0 Å². The lowest BCUT2D eigenvalue weighted by Crippen LogP contribution is -2.60. The van der Waals surface area contributed by atoms with Crippen molar-refractivity contribution >= 4 is 6.21 Å². The largest absolute Gasteiger partial charge is 0.496 e. The van der Waals surface area contributed by atoms with Gasteiger partial charge in [-0.05, 0) is 80.8 Å². The van der Waals surface area contributed by atoms with E-state index in [1.54, 1.807) is 7.11 Å². The van der Waals surface area contributed by atoms with Crippen molar-refractivity contribution in [1.82, 2.24) is 15.5 Å². The molecule has 1 aromatic carbocycles. The Hall–Kier alpha value is -2.05. The fourth-order valence-corrected chi connectivity index (χ4v) is 4.46. The highest BCUT2D eigenvalue weighted by molar-refractivity contribution is 5.73. The van der Waals surface area contributed by atoms with Crippen LogP contribution >= 0.6 is 0 Å². The van der Waals surface area contributed by atoms with Gasteiger partial charge in [0.25, 0.3) is 0 Å². The molecule has 1 fully saturated rings. The summed E-state index contributed by atoms with van der Waals surface area (Å²) >= 11 is 0. The normalized spacial score (nSPS) is 26.6. The summed E-state index contributed by atoms with van der Waals surface area (Å²) in [5, 5.41) is 7.11. The molecule has 160 valence electrons. The van der Waals surface area contributed by atoms with E-state index in [0.29, 0.717) is 11.8 Å². The van der Waals surface area contributed by atoms with E-state index < -0.39 is 5.79 Å². The molecule has 1 saturated carbocycles. The van der Waals surface area contributed by atoms with Gasteiger partial charge in [0.1, 0.15) is 11.6 Å². The second-order valence-corrected chi connectivity index (χ2v) is 8.77. The summed E-state index contributed by atoms with van der Waals surface area (Å²) in [6, 6.07) is 4.37. The van der Waals surface area contributed by atoms with Crippen molar-refractivity contribution in [1.29, 1.82) is 0 Å². The number of nitrogens with two attached hydrogens (primary N) is 1. The van der Waals surface area contributed by atoms with Gasteiger partial charge in [-0.25, -0.2) is 0 Å². The first-order valence-corrected chi connectivity index (χ1v) is 10.7. The number of hydrogen-bond donors (Lipinski definition) is 3. The van der Waals surface area contributed by atoms with Crippen molar-refractivity contribution in [3.63, 3.8) is 0 Å². The van der Waals surface area contributed by atoms with Gasteiger partial charge in [0.05, 0.1) is 7.11 Å². The number of ether oxygens (including phenoxy) is 1. The topological polar surface area (TPSA) is 74.9 Å². The van der Waals surface area contributed by atoms with Crippen molar-refractivity contribution in [2.24, 2.45) is 22.6 Å². The van der Waals surface area contributed by atoms with Gasteiger partial charge in [0.2, 0.25) is 0 Å². The molecule has 3 rings (SSSR count). The number of nitrogens with one attached hydrogen (secondary N) is 2. The molecule has 0 spiro atoms. The minimum Gasteiger partial charge on any atom is -0.496 e. The van der Waals surface area contributed by atoms with Gasteiger partial charge in [0, 0.05) is 32.8 Å². The zero-order valence-electron chi connectivity index (χ0n) is 18.6. The zero-order chi connectivity index (χ0) is 21.0. The molecule has 1 aliphatic heterocycles. The lowest BCUT2D eigenvalue weighted by atomic mass is 9.78. The third-order valence-electron chi connectivity index (χ3n) is 6.40. The van der Waals surface area contributed by atoms with Crippen molar-refractivity contribution in [2.75, 3.05) is 27.7 Å². The summed E-state index contributed by atoms with van der Waals surface area (Å²) in [5.74, 6) is 2.38. The van der Waals surface area contributed by atoms with Crippen molar-refractivity contribution in [2.45, 2.75) is 51.9 Å². The Kier molecular flexibility index (Phi) is 6.85. The fourth-order valence-electron chi connectivity index (χ4n) is 4.46. The number of rotatable bonds is 7. The van der Waals surface area contributed by atoms with E-state index in [-0.39, 0.29) is 0 Å². The van der Waals surface area contributed by atoms with Crippen LogP contribution in [0.15, 0.2) is 29.0 Å². The quantitative estimate of drug-likeness (QED) is 0.657. The Balaban J connectivity index is 1.47. The maximum absolute atomic E-state index is 6.64. The second kappa shape index (κ2) is 9.18. The van der Waals surface area contributed by atoms with Crippen molar-refractivity contribution in [3.8, 4) is 5.75 Å². The van der Waals surface area contributed by atoms with Crippen LogP contribution in [0, 0.1) is 25.7 Å². The highest BCUT2D eigenvalue weighted by Gasteiger charge is 2.38. The maximum Gasteiger partial charge on any atom is 0.186 e. The first-order chi connectivity index (χ1) is 13.8.